The fraction of sp³-hybridized carbons (Fsp3) is 0.438. The molecule has 0 N–H and O–H groups in total. The maximum absolute atomic E-state index is 12.8. The number of rotatable bonds is 1. The summed E-state index contributed by atoms with van der Waals surface area (Å²) in [6.07, 6.45) is 0.747. The van der Waals surface area contributed by atoms with E-state index in [4.69, 9.17) is 4.74 Å². The number of aryl methyl sites for hydroxylation is 1. The van der Waals surface area contributed by atoms with Crippen LogP contribution in [0.1, 0.15) is 17.2 Å². The third-order valence-electron chi connectivity index (χ3n) is 4.48. The number of carbonyl (C=O) groups is 1. The molecule has 1 aromatic heterocycles. The molecule has 1 aromatic carbocycles. The van der Waals surface area contributed by atoms with Crippen LogP contribution in [0.15, 0.2) is 24.3 Å². The van der Waals surface area contributed by atoms with Crippen LogP contribution in [-0.2, 0) is 24.3 Å². The van der Waals surface area contributed by atoms with E-state index in [1.165, 1.54) is 0 Å². The van der Waals surface area contributed by atoms with E-state index in [0.29, 0.717) is 19.7 Å². The highest BCUT2D eigenvalue weighted by Crippen LogP contribution is 2.28. The molecule has 4 rings (SSSR count). The maximum atomic E-state index is 12.8. The predicted molar refractivity (Wildman–Crippen MR) is 79.3 cm³/mol. The SMILES string of the molecule is Cc1nnc2n1CCN(C(=O)[C@H]1COc3ccccc3C1)C2. The van der Waals surface area contributed by atoms with Crippen LogP contribution in [0.2, 0.25) is 0 Å². The van der Waals surface area contributed by atoms with Gasteiger partial charge in [-0.15, -0.1) is 10.2 Å². The van der Waals surface area contributed by atoms with Crippen molar-refractivity contribution in [3.8, 4) is 5.75 Å². The smallest absolute Gasteiger partial charge is 0.229 e. The molecule has 0 saturated carbocycles. The summed E-state index contributed by atoms with van der Waals surface area (Å²) < 4.78 is 7.82. The quantitative estimate of drug-likeness (QED) is 0.793. The van der Waals surface area contributed by atoms with E-state index in [-0.39, 0.29) is 11.8 Å². The Hall–Kier alpha value is -2.37. The van der Waals surface area contributed by atoms with E-state index < -0.39 is 0 Å². The molecule has 0 fully saturated rings. The van der Waals surface area contributed by atoms with Gasteiger partial charge in [0.25, 0.3) is 0 Å². The molecular weight excluding hydrogens is 280 g/mol. The van der Waals surface area contributed by atoms with Crippen molar-refractivity contribution in [2.24, 2.45) is 5.92 Å². The minimum atomic E-state index is -0.106. The lowest BCUT2D eigenvalue weighted by Gasteiger charge is -2.32. The van der Waals surface area contributed by atoms with Gasteiger partial charge >= 0.3 is 0 Å². The van der Waals surface area contributed by atoms with E-state index in [1.54, 1.807) is 0 Å². The van der Waals surface area contributed by atoms with Crippen molar-refractivity contribution in [2.75, 3.05) is 13.2 Å². The number of fused-ring (bicyclic) bond motifs is 2. The molecule has 6 heteroatoms. The summed E-state index contributed by atoms with van der Waals surface area (Å²) in [5.41, 5.74) is 1.11. The second-order valence-electron chi connectivity index (χ2n) is 5.89. The van der Waals surface area contributed by atoms with E-state index >= 15 is 0 Å². The first-order valence-electron chi connectivity index (χ1n) is 7.60. The van der Waals surface area contributed by atoms with Crippen molar-refractivity contribution >= 4 is 5.91 Å². The first-order valence-corrected chi connectivity index (χ1v) is 7.60. The number of benzene rings is 1. The van der Waals surface area contributed by atoms with Gasteiger partial charge in [-0.25, -0.2) is 0 Å². The van der Waals surface area contributed by atoms with Gasteiger partial charge in [0, 0.05) is 13.1 Å². The molecule has 0 spiro atoms. The highest BCUT2D eigenvalue weighted by molar-refractivity contribution is 5.79. The lowest BCUT2D eigenvalue weighted by molar-refractivity contribution is -0.138. The third kappa shape index (κ3) is 2.15. The molecular formula is C16H18N4O2. The molecule has 6 nitrogen and oxygen atoms in total. The molecule has 0 unspecified atom stereocenters. The third-order valence-corrected chi connectivity index (χ3v) is 4.48. The molecule has 2 aliphatic heterocycles. The molecule has 22 heavy (non-hydrogen) atoms. The Labute approximate surface area is 128 Å². The first kappa shape index (κ1) is 13.3. The number of hydrogen-bond acceptors (Lipinski definition) is 4. The predicted octanol–water partition coefficient (Wildman–Crippen LogP) is 1.18. The van der Waals surface area contributed by atoms with Crippen molar-refractivity contribution in [1.82, 2.24) is 19.7 Å². The van der Waals surface area contributed by atoms with E-state index in [2.05, 4.69) is 14.8 Å². The largest absolute Gasteiger partial charge is 0.492 e. The van der Waals surface area contributed by atoms with Crippen LogP contribution in [0.3, 0.4) is 0 Å². The Bertz CT molecular complexity index is 725. The number of para-hydroxylation sites is 1. The van der Waals surface area contributed by atoms with E-state index in [9.17, 15) is 4.79 Å². The summed E-state index contributed by atoms with van der Waals surface area (Å²) in [5, 5.41) is 8.24. The average Bonchev–Trinajstić information content (AvgIpc) is 2.94. The van der Waals surface area contributed by atoms with Crippen LogP contribution >= 0.6 is 0 Å². The van der Waals surface area contributed by atoms with Crippen molar-refractivity contribution in [1.29, 1.82) is 0 Å². The summed E-state index contributed by atoms with van der Waals surface area (Å²) in [6.45, 7) is 4.42. The van der Waals surface area contributed by atoms with Crippen molar-refractivity contribution in [2.45, 2.75) is 26.4 Å². The summed E-state index contributed by atoms with van der Waals surface area (Å²) in [7, 11) is 0. The van der Waals surface area contributed by atoms with Gasteiger partial charge in [-0.1, -0.05) is 18.2 Å². The number of amides is 1. The Morgan fingerprint density at radius 2 is 2.14 bits per heavy atom. The molecule has 3 heterocycles. The van der Waals surface area contributed by atoms with Crippen molar-refractivity contribution in [3.63, 3.8) is 0 Å². The van der Waals surface area contributed by atoms with Crippen LogP contribution in [0.4, 0.5) is 0 Å². The zero-order valence-electron chi connectivity index (χ0n) is 12.5. The van der Waals surface area contributed by atoms with E-state index in [0.717, 1.165) is 35.9 Å². The molecule has 0 radical (unpaired) electrons. The van der Waals surface area contributed by atoms with Crippen LogP contribution in [0, 0.1) is 12.8 Å². The van der Waals surface area contributed by atoms with Crippen LogP contribution < -0.4 is 4.74 Å². The monoisotopic (exact) mass is 298 g/mol. The van der Waals surface area contributed by atoms with Gasteiger partial charge < -0.3 is 14.2 Å². The summed E-state index contributed by atoms with van der Waals surface area (Å²) in [5.74, 6) is 2.73. The molecule has 2 aromatic rings. The van der Waals surface area contributed by atoms with Gasteiger partial charge in [0.15, 0.2) is 5.82 Å². The number of carbonyl (C=O) groups excluding carboxylic acids is 1. The number of ether oxygens (including phenoxy) is 1. The van der Waals surface area contributed by atoms with Crippen LogP contribution in [0.25, 0.3) is 0 Å². The van der Waals surface area contributed by atoms with Crippen LogP contribution in [-0.4, -0.2) is 38.7 Å². The normalized spacial score (nSPS) is 20.0. The molecule has 0 saturated heterocycles. The topological polar surface area (TPSA) is 60.2 Å². The standard InChI is InChI=1S/C16H18N4O2/c1-11-17-18-15-9-19(6-7-20(11)15)16(21)13-8-12-4-2-3-5-14(12)22-10-13/h2-5,13H,6-10H2,1H3/t13-/m1/s1. The highest BCUT2D eigenvalue weighted by atomic mass is 16.5. The molecule has 0 bridgehead atoms. The van der Waals surface area contributed by atoms with Crippen molar-refractivity contribution < 1.29 is 9.53 Å². The molecule has 1 amide bonds. The first-order chi connectivity index (χ1) is 10.7. The Morgan fingerprint density at radius 1 is 1.27 bits per heavy atom. The Kier molecular flexibility index (Phi) is 3.10. The lowest BCUT2D eigenvalue weighted by Crippen LogP contribution is -2.44. The second-order valence-corrected chi connectivity index (χ2v) is 5.89. The van der Waals surface area contributed by atoms with Gasteiger partial charge in [0.05, 0.1) is 12.5 Å². The summed E-state index contributed by atoms with van der Waals surface area (Å²) >= 11 is 0. The van der Waals surface area contributed by atoms with Gasteiger partial charge in [0.1, 0.15) is 18.2 Å². The maximum Gasteiger partial charge on any atom is 0.229 e. The zero-order valence-corrected chi connectivity index (χ0v) is 12.5. The Balaban J connectivity index is 1.49. The van der Waals surface area contributed by atoms with Crippen LogP contribution in [0.5, 0.6) is 5.75 Å². The van der Waals surface area contributed by atoms with Gasteiger partial charge in [-0.2, -0.15) is 0 Å². The fourth-order valence-electron chi connectivity index (χ4n) is 3.24. The zero-order chi connectivity index (χ0) is 15.1. The summed E-state index contributed by atoms with van der Waals surface area (Å²) in [4.78, 5) is 14.6. The minimum Gasteiger partial charge on any atom is -0.492 e. The highest BCUT2D eigenvalue weighted by Gasteiger charge is 2.32. The fourth-order valence-corrected chi connectivity index (χ4v) is 3.24. The lowest BCUT2D eigenvalue weighted by atomic mass is 9.95. The number of nitrogens with zero attached hydrogens (tertiary/aromatic N) is 4. The molecule has 0 aliphatic carbocycles. The average molecular weight is 298 g/mol. The van der Waals surface area contributed by atoms with Gasteiger partial charge in [-0.05, 0) is 25.0 Å². The number of aromatic nitrogens is 3. The molecule has 2 aliphatic rings. The second kappa shape index (κ2) is 5.12. The number of hydrogen-bond donors (Lipinski definition) is 0. The molecule has 1 atom stereocenters. The van der Waals surface area contributed by atoms with Crippen molar-refractivity contribution in [3.05, 3.63) is 41.5 Å². The minimum absolute atomic E-state index is 0.106. The Morgan fingerprint density at radius 3 is 3.05 bits per heavy atom. The molecule has 114 valence electrons. The summed E-state index contributed by atoms with van der Waals surface area (Å²) in [6, 6.07) is 7.94. The van der Waals surface area contributed by atoms with Gasteiger partial charge in [-0.3, -0.25) is 4.79 Å². The van der Waals surface area contributed by atoms with Gasteiger partial charge in [0.2, 0.25) is 5.91 Å². The van der Waals surface area contributed by atoms with E-state index in [1.807, 2.05) is 36.1 Å².